The van der Waals surface area contributed by atoms with Gasteiger partial charge in [0.05, 0.1) is 6.54 Å². The van der Waals surface area contributed by atoms with E-state index in [1.807, 2.05) is 6.92 Å². The number of alkyl halides is 1. The molecule has 4 nitrogen and oxygen atoms in total. The molecule has 0 bridgehead atoms. The number of amides is 2. The van der Waals surface area contributed by atoms with Crippen LogP contribution < -0.4 is 5.32 Å². The van der Waals surface area contributed by atoms with E-state index in [0.717, 1.165) is 0 Å². The summed E-state index contributed by atoms with van der Waals surface area (Å²) in [5.41, 5.74) is -1.88. The summed E-state index contributed by atoms with van der Waals surface area (Å²) in [6, 6.07) is 0. The Labute approximate surface area is 95.2 Å². The van der Waals surface area contributed by atoms with Crippen molar-refractivity contribution in [2.45, 2.75) is 45.2 Å². The first kappa shape index (κ1) is 12.9. The lowest BCUT2D eigenvalue weighted by molar-refractivity contribution is -0.160. The molecular formula is C11H19FN2O2. The van der Waals surface area contributed by atoms with Gasteiger partial charge in [0.25, 0.3) is 0 Å². The topological polar surface area (TPSA) is 49.4 Å². The van der Waals surface area contributed by atoms with E-state index < -0.39 is 17.8 Å². The zero-order valence-corrected chi connectivity index (χ0v) is 10.3. The maximum Gasteiger partial charge on any atom is 0.248 e. The van der Waals surface area contributed by atoms with Gasteiger partial charge < -0.3 is 10.2 Å². The first-order chi connectivity index (χ1) is 7.29. The average molecular weight is 230 g/mol. The Morgan fingerprint density at radius 1 is 1.31 bits per heavy atom. The number of carbonyl (C=O) groups is 2. The molecule has 0 aromatic carbocycles. The molecule has 0 aliphatic carbocycles. The van der Waals surface area contributed by atoms with E-state index in [1.165, 1.54) is 4.90 Å². The predicted octanol–water partition coefficient (Wildman–Crippen LogP) is 0.862. The largest absolute Gasteiger partial charge is 0.340 e. The van der Waals surface area contributed by atoms with Crippen molar-refractivity contribution < 1.29 is 14.0 Å². The lowest BCUT2D eigenvalue weighted by Crippen LogP contribution is -2.73. The van der Waals surface area contributed by atoms with Crippen LogP contribution in [0.25, 0.3) is 0 Å². The Hall–Kier alpha value is -1.13. The van der Waals surface area contributed by atoms with Crippen molar-refractivity contribution in [1.29, 1.82) is 0 Å². The number of rotatable bonds is 3. The maximum atomic E-state index is 12.5. The fourth-order valence-corrected chi connectivity index (χ4v) is 1.84. The van der Waals surface area contributed by atoms with Crippen molar-refractivity contribution in [1.82, 2.24) is 10.2 Å². The highest BCUT2D eigenvalue weighted by Gasteiger charge is 2.51. The van der Waals surface area contributed by atoms with E-state index in [2.05, 4.69) is 5.32 Å². The summed E-state index contributed by atoms with van der Waals surface area (Å²) < 4.78 is 12.5. The average Bonchev–Trinajstić information content (AvgIpc) is 2.22. The molecule has 1 rings (SSSR count). The van der Waals surface area contributed by atoms with E-state index in [4.69, 9.17) is 0 Å². The Morgan fingerprint density at radius 2 is 1.88 bits per heavy atom. The summed E-state index contributed by atoms with van der Waals surface area (Å²) in [6.45, 7) is 6.09. The molecule has 1 heterocycles. The van der Waals surface area contributed by atoms with Crippen LogP contribution in [-0.4, -0.2) is 41.0 Å². The van der Waals surface area contributed by atoms with Crippen molar-refractivity contribution in [3.63, 3.8) is 0 Å². The van der Waals surface area contributed by atoms with Gasteiger partial charge in [-0.25, -0.2) is 4.39 Å². The van der Waals surface area contributed by atoms with Crippen molar-refractivity contribution in [2.75, 3.05) is 13.2 Å². The molecule has 16 heavy (non-hydrogen) atoms. The number of nitrogens with zero attached hydrogens (tertiary/aromatic N) is 1. The van der Waals surface area contributed by atoms with Crippen LogP contribution in [0, 0.1) is 0 Å². The molecule has 1 fully saturated rings. The number of carbonyl (C=O) groups excluding carboxylic acids is 2. The minimum absolute atomic E-state index is 0.0329. The molecule has 0 radical (unpaired) electrons. The van der Waals surface area contributed by atoms with Crippen LogP contribution >= 0.6 is 0 Å². The molecule has 1 saturated heterocycles. The highest BCUT2D eigenvalue weighted by molar-refractivity contribution is 6.01. The van der Waals surface area contributed by atoms with Crippen LogP contribution in [0.15, 0.2) is 0 Å². The molecule has 1 atom stereocenters. The summed E-state index contributed by atoms with van der Waals surface area (Å²) in [7, 11) is 0. The van der Waals surface area contributed by atoms with E-state index >= 15 is 0 Å². The maximum absolute atomic E-state index is 12.5. The van der Waals surface area contributed by atoms with Crippen molar-refractivity contribution in [2.24, 2.45) is 0 Å². The van der Waals surface area contributed by atoms with Gasteiger partial charge in [-0.15, -0.1) is 0 Å². The van der Waals surface area contributed by atoms with Crippen LogP contribution in [0.1, 0.15) is 34.1 Å². The standard InChI is InChI=1S/C11H19FN2O2/c1-5-11(4)9(16)14(7-6-12)10(2,3)8(15)13-11/h5-7H2,1-4H3,(H,13,15). The summed E-state index contributed by atoms with van der Waals surface area (Å²) in [4.78, 5) is 25.4. The van der Waals surface area contributed by atoms with Crippen LogP contribution in [-0.2, 0) is 9.59 Å². The van der Waals surface area contributed by atoms with E-state index in [-0.39, 0.29) is 18.4 Å². The first-order valence-corrected chi connectivity index (χ1v) is 5.50. The summed E-state index contributed by atoms with van der Waals surface area (Å²) in [5.74, 6) is -0.442. The second-order valence-electron chi connectivity index (χ2n) is 4.84. The Kier molecular flexibility index (Phi) is 3.26. The molecule has 2 amide bonds. The van der Waals surface area contributed by atoms with Gasteiger partial charge in [0.15, 0.2) is 0 Å². The van der Waals surface area contributed by atoms with Crippen molar-refractivity contribution >= 4 is 11.8 Å². The third kappa shape index (κ3) is 1.79. The predicted molar refractivity (Wildman–Crippen MR) is 58.6 cm³/mol. The van der Waals surface area contributed by atoms with Gasteiger partial charge in [-0.2, -0.15) is 0 Å². The Balaban J connectivity index is 3.09. The van der Waals surface area contributed by atoms with Crippen molar-refractivity contribution in [3.05, 3.63) is 0 Å². The fourth-order valence-electron chi connectivity index (χ4n) is 1.84. The lowest BCUT2D eigenvalue weighted by atomic mass is 9.87. The zero-order chi connectivity index (χ0) is 12.6. The third-order valence-corrected chi connectivity index (χ3v) is 3.35. The Morgan fingerprint density at radius 3 is 2.31 bits per heavy atom. The quantitative estimate of drug-likeness (QED) is 0.781. The van der Waals surface area contributed by atoms with Crippen molar-refractivity contribution in [3.8, 4) is 0 Å². The molecule has 0 aromatic heterocycles. The number of hydrogen-bond acceptors (Lipinski definition) is 2. The first-order valence-electron chi connectivity index (χ1n) is 5.50. The Bertz CT molecular complexity index is 317. The van der Waals surface area contributed by atoms with Gasteiger partial charge in [-0.05, 0) is 27.2 Å². The third-order valence-electron chi connectivity index (χ3n) is 3.35. The van der Waals surface area contributed by atoms with Gasteiger partial charge in [0.2, 0.25) is 11.8 Å². The number of piperazine rings is 1. The minimum atomic E-state index is -0.974. The van der Waals surface area contributed by atoms with E-state index in [9.17, 15) is 14.0 Å². The number of nitrogens with one attached hydrogen (secondary N) is 1. The SMILES string of the molecule is CCC1(C)NC(=O)C(C)(C)N(CCF)C1=O. The van der Waals surface area contributed by atoms with Crippen LogP contribution in [0.3, 0.4) is 0 Å². The number of halogens is 1. The molecule has 1 aliphatic rings. The fraction of sp³-hybridized carbons (Fsp3) is 0.818. The molecule has 1 aliphatic heterocycles. The highest BCUT2D eigenvalue weighted by atomic mass is 19.1. The number of hydrogen-bond donors (Lipinski definition) is 1. The van der Waals surface area contributed by atoms with Gasteiger partial charge in [-0.3, -0.25) is 9.59 Å². The van der Waals surface area contributed by atoms with E-state index in [1.54, 1.807) is 20.8 Å². The molecule has 0 saturated carbocycles. The monoisotopic (exact) mass is 230 g/mol. The molecule has 1 unspecified atom stereocenters. The van der Waals surface area contributed by atoms with Crippen LogP contribution in [0.4, 0.5) is 4.39 Å². The summed E-state index contributed by atoms with van der Waals surface area (Å²) in [6.07, 6.45) is 0.496. The highest BCUT2D eigenvalue weighted by Crippen LogP contribution is 2.27. The second-order valence-corrected chi connectivity index (χ2v) is 4.84. The summed E-state index contributed by atoms with van der Waals surface area (Å²) >= 11 is 0. The molecule has 92 valence electrons. The smallest absolute Gasteiger partial charge is 0.248 e. The lowest BCUT2D eigenvalue weighted by Gasteiger charge is -2.48. The molecule has 0 aromatic rings. The molecular weight excluding hydrogens is 211 g/mol. The molecule has 0 spiro atoms. The molecule has 1 N–H and O–H groups in total. The van der Waals surface area contributed by atoms with Gasteiger partial charge in [0, 0.05) is 0 Å². The van der Waals surface area contributed by atoms with Gasteiger partial charge in [-0.1, -0.05) is 6.92 Å². The van der Waals surface area contributed by atoms with Crippen LogP contribution in [0.5, 0.6) is 0 Å². The minimum Gasteiger partial charge on any atom is -0.340 e. The van der Waals surface area contributed by atoms with Gasteiger partial charge in [0.1, 0.15) is 17.8 Å². The van der Waals surface area contributed by atoms with Gasteiger partial charge >= 0.3 is 0 Å². The summed E-state index contributed by atoms with van der Waals surface area (Å²) in [5, 5.41) is 2.72. The normalized spacial score (nSPS) is 29.2. The second kappa shape index (κ2) is 4.03. The zero-order valence-electron chi connectivity index (χ0n) is 10.3. The van der Waals surface area contributed by atoms with E-state index in [0.29, 0.717) is 6.42 Å². The van der Waals surface area contributed by atoms with Crippen LogP contribution in [0.2, 0.25) is 0 Å². The molecule has 5 heteroatoms.